The van der Waals surface area contributed by atoms with Crippen LogP contribution in [-0.4, -0.2) is 28.9 Å². The molecule has 0 fully saturated rings. The molecule has 1 N–H and O–H groups in total. The van der Waals surface area contributed by atoms with Gasteiger partial charge in [-0.05, 0) is 25.0 Å². The van der Waals surface area contributed by atoms with Gasteiger partial charge in [0.2, 0.25) is 5.91 Å². The smallest absolute Gasteiger partial charge is 0.307 e. The van der Waals surface area contributed by atoms with Crippen molar-refractivity contribution in [3.63, 3.8) is 0 Å². The first kappa shape index (κ1) is 15.1. The Morgan fingerprint density at radius 3 is 2.55 bits per heavy atom. The van der Waals surface area contributed by atoms with E-state index >= 15 is 0 Å². The molecular weight excluding hydrogens is 298 g/mol. The van der Waals surface area contributed by atoms with E-state index in [4.69, 9.17) is 11.6 Å². The highest BCUT2D eigenvalue weighted by atomic mass is 35.5. The van der Waals surface area contributed by atoms with Gasteiger partial charge in [-0.1, -0.05) is 23.8 Å². The van der Waals surface area contributed by atoms with Crippen LogP contribution in [0.1, 0.15) is 17.7 Å². The molecular formula is C14H16ClNO3S. The predicted molar refractivity (Wildman–Crippen MR) is 78.8 cm³/mol. The standard InChI is InChI=1S/C14H16ClNO3S/c1-16(8-9-6-7-12(15)20-9)13(17)10-4-2-3-5-11(10)14(18)19/h2-3,6-7,10-11H,4-5,8H2,1H3,(H,18,19). The summed E-state index contributed by atoms with van der Waals surface area (Å²) < 4.78 is 0.685. The third kappa shape index (κ3) is 3.41. The van der Waals surface area contributed by atoms with E-state index in [0.717, 1.165) is 4.88 Å². The lowest BCUT2D eigenvalue weighted by molar-refractivity contribution is -0.150. The summed E-state index contributed by atoms with van der Waals surface area (Å²) in [5.74, 6) is -2.12. The number of carbonyl (C=O) groups excluding carboxylic acids is 1. The average Bonchev–Trinajstić information content (AvgIpc) is 2.83. The number of carboxylic acids is 1. The fourth-order valence-corrected chi connectivity index (χ4v) is 3.53. The topological polar surface area (TPSA) is 57.6 Å². The van der Waals surface area contributed by atoms with E-state index < -0.39 is 17.8 Å². The summed E-state index contributed by atoms with van der Waals surface area (Å²) in [7, 11) is 1.70. The van der Waals surface area contributed by atoms with Gasteiger partial charge in [-0.2, -0.15) is 0 Å². The summed E-state index contributed by atoms with van der Waals surface area (Å²) in [6, 6.07) is 3.68. The number of carbonyl (C=O) groups is 2. The summed E-state index contributed by atoms with van der Waals surface area (Å²) in [5, 5.41) is 9.21. The lowest BCUT2D eigenvalue weighted by Gasteiger charge is -2.28. The first-order valence-electron chi connectivity index (χ1n) is 6.36. The molecule has 0 aliphatic heterocycles. The minimum atomic E-state index is -0.903. The molecule has 6 heteroatoms. The van der Waals surface area contributed by atoms with Gasteiger partial charge in [-0.25, -0.2) is 0 Å². The van der Waals surface area contributed by atoms with Crippen LogP contribution in [0.25, 0.3) is 0 Å². The lowest BCUT2D eigenvalue weighted by Crippen LogP contribution is -2.39. The molecule has 1 aromatic rings. The third-order valence-corrected chi connectivity index (χ3v) is 4.68. The van der Waals surface area contributed by atoms with Crippen molar-refractivity contribution in [1.29, 1.82) is 0 Å². The van der Waals surface area contributed by atoms with Gasteiger partial charge in [0.15, 0.2) is 0 Å². The van der Waals surface area contributed by atoms with Gasteiger partial charge < -0.3 is 10.0 Å². The molecule has 2 rings (SSSR count). The van der Waals surface area contributed by atoms with Crippen LogP contribution in [0.2, 0.25) is 4.34 Å². The second-order valence-corrected chi connectivity index (χ2v) is 6.69. The monoisotopic (exact) mass is 313 g/mol. The van der Waals surface area contributed by atoms with E-state index in [1.54, 1.807) is 18.0 Å². The quantitative estimate of drug-likeness (QED) is 0.869. The predicted octanol–water partition coefficient (Wildman–Crippen LogP) is 3.03. The molecule has 1 heterocycles. The molecule has 0 saturated carbocycles. The van der Waals surface area contributed by atoms with Gasteiger partial charge in [0.1, 0.15) is 0 Å². The van der Waals surface area contributed by atoms with E-state index in [9.17, 15) is 14.7 Å². The number of nitrogens with zero attached hydrogens (tertiary/aromatic N) is 1. The number of hydrogen-bond acceptors (Lipinski definition) is 3. The molecule has 0 spiro atoms. The maximum absolute atomic E-state index is 12.4. The van der Waals surface area contributed by atoms with Crippen LogP contribution < -0.4 is 0 Å². The van der Waals surface area contributed by atoms with Crippen molar-refractivity contribution in [3.05, 3.63) is 33.5 Å². The molecule has 1 aliphatic carbocycles. The molecule has 20 heavy (non-hydrogen) atoms. The Morgan fingerprint density at radius 1 is 1.35 bits per heavy atom. The number of halogens is 1. The van der Waals surface area contributed by atoms with Crippen molar-refractivity contribution in [2.75, 3.05) is 7.05 Å². The molecule has 0 saturated heterocycles. The molecule has 4 nitrogen and oxygen atoms in total. The van der Waals surface area contributed by atoms with Crippen molar-refractivity contribution in [2.45, 2.75) is 19.4 Å². The molecule has 1 aromatic heterocycles. The minimum Gasteiger partial charge on any atom is -0.481 e. The Labute approximate surface area is 126 Å². The fraction of sp³-hybridized carbons (Fsp3) is 0.429. The molecule has 108 valence electrons. The van der Waals surface area contributed by atoms with Crippen molar-refractivity contribution in [2.24, 2.45) is 11.8 Å². The number of carboxylic acid groups (broad SMARTS) is 1. The van der Waals surface area contributed by atoms with E-state index in [1.807, 2.05) is 18.2 Å². The largest absolute Gasteiger partial charge is 0.481 e. The zero-order chi connectivity index (χ0) is 14.7. The van der Waals surface area contributed by atoms with Crippen LogP contribution in [0.4, 0.5) is 0 Å². The molecule has 0 aromatic carbocycles. The maximum atomic E-state index is 12.4. The third-order valence-electron chi connectivity index (χ3n) is 3.46. The SMILES string of the molecule is CN(Cc1ccc(Cl)s1)C(=O)C1CC=CCC1C(=O)O. The zero-order valence-corrected chi connectivity index (χ0v) is 12.7. The normalized spacial score (nSPS) is 21.7. The van der Waals surface area contributed by atoms with Crippen LogP contribution in [0.3, 0.4) is 0 Å². The summed E-state index contributed by atoms with van der Waals surface area (Å²) in [4.78, 5) is 26.2. The number of allylic oxidation sites excluding steroid dienone is 2. The first-order chi connectivity index (χ1) is 9.49. The summed E-state index contributed by atoms with van der Waals surface area (Å²) in [6.07, 6.45) is 4.63. The van der Waals surface area contributed by atoms with Gasteiger partial charge in [-0.15, -0.1) is 11.3 Å². The molecule has 1 aliphatic rings. The molecule has 1 amide bonds. The highest BCUT2D eigenvalue weighted by Crippen LogP contribution is 2.29. The average molecular weight is 314 g/mol. The number of aliphatic carboxylic acids is 1. The Kier molecular flexibility index (Phi) is 4.83. The van der Waals surface area contributed by atoms with Gasteiger partial charge in [-0.3, -0.25) is 9.59 Å². The van der Waals surface area contributed by atoms with Crippen LogP contribution in [0.5, 0.6) is 0 Å². The molecule has 2 atom stereocenters. The number of thiophene rings is 1. The number of hydrogen-bond donors (Lipinski definition) is 1. The van der Waals surface area contributed by atoms with E-state index in [-0.39, 0.29) is 5.91 Å². The summed E-state index contributed by atoms with van der Waals surface area (Å²) in [5.41, 5.74) is 0. The van der Waals surface area contributed by atoms with Crippen LogP contribution in [0, 0.1) is 11.8 Å². The van der Waals surface area contributed by atoms with Gasteiger partial charge >= 0.3 is 5.97 Å². The van der Waals surface area contributed by atoms with Gasteiger partial charge in [0.25, 0.3) is 0 Å². The van der Waals surface area contributed by atoms with Crippen molar-refractivity contribution >= 4 is 34.8 Å². The molecule has 2 unspecified atom stereocenters. The lowest BCUT2D eigenvalue weighted by atomic mass is 9.82. The summed E-state index contributed by atoms with van der Waals surface area (Å²) in [6.45, 7) is 0.461. The van der Waals surface area contributed by atoms with Gasteiger partial charge in [0.05, 0.1) is 22.7 Å². The van der Waals surface area contributed by atoms with Crippen LogP contribution in [-0.2, 0) is 16.1 Å². The van der Waals surface area contributed by atoms with E-state index in [1.165, 1.54) is 11.3 Å². The Balaban J connectivity index is 2.05. The Morgan fingerprint density at radius 2 is 2.00 bits per heavy atom. The van der Waals surface area contributed by atoms with E-state index in [2.05, 4.69) is 0 Å². The summed E-state index contributed by atoms with van der Waals surface area (Å²) >= 11 is 7.29. The minimum absolute atomic E-state index is 0.119. The van der Waals surface area contributed by atoms with Crippen molar-refractivity contribution < 1.29 is 14.7 Å². The van der Waals surface area contributed by atoms with Crippen molar-refractivity contribution in [3.8, 4) is 0 Å². The van der Waals surface area contributed by atoms with E-state index in [0.29, 0.717) is 23.7 Å². The number of rotatable bonds is 4. The zero-order valence-electron chi connectivity index (χ0n) is 11.1. The highest BCUT2D eigenvalue weighted by Gasteiger charge is 2.35. The van der Waals surface area contributed by atoms with Crippen LogP contribution in [0.15, 0.2) is 24.3 Å². The molecule has 0 radical (unpaired) electrons. The maximum Gasteiger partial charge on any atom is 0.307 e. The Bertz CT molecular complexity index is 540. The van der Waals surface area contributed by atoms with Crippen LogP contribution >= 0.6 is 22.9 Å². The first-order valence-corrected chi connectivity index (χ1v) is 7.55. The molecule has 0 bridgehead atoms. The second-order valence-electron chi connectivity index (χ2n) is 4.89. The second kappa shape index (κ2) is 6.41. The van der Waals surface area contributed by atoms with Gasteiger partial charge in [0, 0.05) is 11.9 Å². The number of amides is 1. The fourth-order valence-electron chi connectivity index (χ4n) is 2.39. The van der Waals surface area contributed by atoms with Crippen molar-refractivity contribution in [1.82, 2.24) is 4.90 Å². The Hall–Kier alpha value is -1.33. The highest BCUT2D eigenvalue weighted by molar-refractivity contribution is 7.16.